The van der Waals surface area contributed by atoms with E-state index in [1.54, 1.807) is 12.1 Å². The highest BCUT2D eigenvalue weighted by atomic mass is 127. The van der Waals surface area contributed by atoms with Crippen LogP contribution in [0.2, 0.25) is 0 Å². The summed E-state index contributed by atoms with van der Waals surface area (Å²) in [4.78, 5) is 10.8. The maximum Gasteiger partial charge on any atom is 0.320 e. The highest BCUT2D eigenvalue weighted by Crippen LogP contribution is 2.35. The van der Waals surface area contributed by atoms with Crippen LogP contribution in [0.3, 0.4) is 0 Å². The third kappa shape index (κ3) is 4.67. The van der Waals surface area contributed by atoms with Crippen molar-refractivity contribution >= 4 is 51.2 Å². The smallest absolute Gasteiger partial charge is 0.320 e. The predicted octanol–water partition coefficient (Wildman–Crippen LogP) is 3.49. The molecule has 0 aromatic heterocycles. The van der Waals surface area contributed by atoms with Gasteiger partial charge in [0.1, 0.15) is 11.8 Å². The summed E-state index contributed by atoms with van der Waals surface area (Å²) in [5.74, 6) is -1.47. The molecular formula is C15H12FI2NO4. The van der Waals surface area contributed by atoms with Gasteiger partial charge in [0.15, 0.2) is 17.3 Å². The number of ether oxygens (including phenoxy) is 1. The molecule has 1 unspecified atom stereocenters. The number of phenols is 1. The van der Waals surface area contributed by atoms with E-state index < -0.39 is 17.8 Å². The number of nitrogens with two attached hydrogens (primary N) is 1. The molecule has 2 aromatic carbocycles. The van der Waals surface area contributed by atoms with Crippen molar-refractivity contribution in [2.45, 2.75) is 12.5 Å². The number of aromatic hydroxyl groups is 1. The van der Waals surface area contributed by atoms with Gasteiger partial charge in [0.2, 0.25) is 0 Å². The lowest BCUT2D eigenvalue weighted by molar-refractivity contribution is -0.138. The number of hydrogen-bond acceptors (Lipinski definition) is 4. The second kappa shape index (κ2) is 7.62. The maximum atomic E-state index is 13.8. The van der Waals surface area contributed by atoms with Crippen molar-refractivity contribution in [3.8, 4) is 17.2 Å². The first-order chi connectivity index (χ1) is 10.8. The van der Waals surface area contributed by atoms with Crippen molar-refractivity contribution in [3.63, 3.8) is 0 Å². The van der Waals surface area contributed by atoms with E-state index >= 15 is 0 Å². The van der Waals surface area contributed by atoms with Gasteiger partial charge in [0.25, 0.3) is 0 Å². The summed E-state index contributed by atoms with van der Waals surface area (Å²) in [7, 11) is 0. The van der Waals surface area contributed by atoms with Gasteiger partial charge in [-0.3, -0.25) is 4.79 Å². The van der Waals surface area contributed by atoms with Gasteiger partial charge in [-0.2, -0.15) is 0 Å². The number of hydrogen-bond donors (Lipinski definition) is 3. The fourth-order valence-electron chi connectivity index (χ4n) is 1.85. The van der Waals surface area contributed by atoms with Gasteiger partial charge in [-0.1, -0.05) is 0 Å². The minimum Gasteiger partial charge on any atom is -0.508 e. The Kier molecular flexibility index (Phi) is 6.03. The molecule has 5 nitrogen and oxygen atoms in total. The Bertz CT molecular complexity index is 731. The standard InChI is InChI=1S/C15H12FI2NO4/c16-9-6-8(20)1-2-13(9)23-14-10(17)3-7(4-11(14)18)5-12(19)15(21)22/h1-4,6,12,20H,5,19H2,(H,21,22). The molecule has 0 amide bonds. The van der Waals surface area contributed by atoms with Gasteiger partial charge in [-0.25, -0.2) is 4.39 Å². The Labute approximate surface area is 158 Å². The second-order valence-electron chi connectivity index (χ2n) is 4.75. The number of carboxylic acid groups (broad SMARTS) is 1. The van der Waals surface area contributed by atoms with Crippen molar-refractivity contribution in [2.75, 3.05) is 0 Å². The van der Waals surface area contributed by atoms with E-state index in [0.717, 1.165) is 11.6 Å². The molecule has 0 aliphatic heterocycles. The Morgan fingerprint density at radius 3 is 2.39 bits per heavy atom. The molecule has 0 spiro atoms. The number of benzene rings is 2. The summed E-state index contributed by atoms with van der Waals surface area (Å²) < 4.78 is 20.8. The molecule has 2 rings (SSSR count). The Balaban J connectivity index is 2.28. The predicted molar refractivity (Wildman–Crippen MR) is 99.3 cm³/mol. The lowest BCUT2D eigenvalue weighted by Crippen LogP contribution is -2.32. The van der Waals surface area contributed by atoms with Crippen molar-refractivity contribution in [3.05, 3.63) is 48.9 Å². The molecule has 23 heavy (non-hydrogen) atoms. The van der Waals surface area contributed by atoms with Gasteiger partial charge in [0.05, 0.1) is 7.14 Å². The van der Waals surface area contributed by atoms with E-state index in [4.69, 9.17) is 15.6 Å². The summed E-state index contributed by atoms with van der Waals surface area (Å²) in [6.45, 7) is 0. The monoisotopic (exact) mass is 543 g/mol. The first-order valence-corrected chi connectivity index (χ1v) is 8.56. The SMILES string of the molecule is NC(Cc1cc(I)c(Oc2ccc(O)cc2F)c(I)c1)C(=O)O. The zero-order valence-electron chi connectivity index (χ0n) is 11.6. The molecule has 0 fully saturated rings. The molecule has 0 aliphatic carbocycles. The molecule has 4 N–H and O–H groups in total. The van der Waals surface area contributed by atoms with Crippen LogP contribution in [0.4, 0.5) is 4.39 Å². The van der Waals surface area contributed by atoms with Gasteiger partial charge in [-0.15, -0.1) is 0 Å². The first kappa shape index (κ1) is 18.2. The van der Waals surface area contributed by atoms with Crippen LogP contribution >= 0.6 is 45.2 Å². The fourth-order valence-corrected chi connectivity index (χ4v) is 3.97. The molecule has 0 bridgehead atoms. The Morgan fingerprint density at radius 2 is 1.87 bits per heavy atom. The average Bonchev–Trinajstić information content (AvgIpc) is 2.44. The van der Waals surface area contributed by atoms with Crippen molar-refractivity contribution in [1.82, 2.24) is 0 Å². The molecule has 0 heterocycles. The van der Waals surface area contributed by atoms with Crippen molar-refractivity contribution in [2.24, 2.45) is 5.73 Å². The molecule has 2 aromatic rings. The second-order valence-corrected chi connectivity index (χ2v) is 7.08. The first-order valence-electron chi connectivity index (χ1n) is 6.40. The van der Waals surface area contributed by atoms with Crippen LogP contribution in [0.25, 0.3) is 0 Å². The lowest BCUT2D eigenvalue weighted by Gasteiger charge is -2.14. The molecule has 1 atom stereocenters. The van der Waals surface area contributed by atoms with Crippen molar-refractivity contribution < 1.29 is 24.1 Å². The van der Waals surface area contributed by atoms with E-state index in [0.29, 0.717) is 12.9 Å². The minimum atomic E-state index is -1.07. The quantitative estimate of drug-likeness (QED) is 0.503. The van der Waals surface area contributed by atoms with E-state index in [9.17, 15) is 14.3 Å². The molecule has 122 valence electrons. The Hall–Kier alpha value is -1.14. The highest BCUT2D eigenvalue weighted by Gasteiger charge is 2.16. The normalized spacial score (nSPS) is 12.0. The number of aliphatic carboxylic acids is 1. The molecule has 0 aliphatic rings. The van der Waals surface area contributed by atoms with Crippen LogP contribution in [0.1, 0.15) is 5.56 Å². The summed E-state index contributed by atoms with van der Waals surface area (Å²) in [5, 5.41) is 18.1. The van der Waals surface area contributed by atoms with E-state index in [1.807, 2.05) is 45.2 Å². The van der Waals surface area contributed by atoms with Gasteiger partial charge < -0.3 is 20.7 Å². The summed E-state index contributed by atoms with van der Waals surface area (Å²) in [6, 6.07) is 6.15. The lowest BCUT2D eigenvalue weighted by atomic mass is 10.1. The topological polar surface area (TPSA) is 92.8 Å². The van der Waals surface area contributed by atoms with Crippen LogP contribution in [0.5, 0.6) is 17.2 Å². The minimum absolute atomic E-state index is 0.00591. The van der Waals surface area contributed by atoms with Crippen molar-refractivity contribution in [1.29, 1.82) is 0 Å². The third-order valence-corrected chi connectivity index (χ3v) is 4.56. The van der Waals surface area contributed by atoms with Crippen LogP contribution < -0.4 is 10.5 Å². The number of halogens is 3. The molecular weight excluding hydrogens is 531 g/mol. The molecule has 8 heteroatoms. The molecule has 0 saturated heterocycles. The molecule has 0 radical (unpaired) electrons. The summed E-state index contributed by atoms with van der Waals surface area (Å²) >= 11 is 4.06. The summed E-state index contributed by atoms with van der Waals surface area (Å²) in [6.07, 6.45) is 0.190. The highest BCUT2D eigenvalue weighted by molar-refractivity contribution is 14.1. The zero-order valence-corrected chi connectivity index (χ0v) is 15.9. The van der Waals surface area contributed by atoms with Crippen LogP contribution in [-0.4, -0.2) is 22.2 Å². The largest absolute Gasteiger partial charge is 0.508 e. The van der Waals surface area contributed by atoms with Crippen LogP contribution in [-0.2, 0) is 11.2 Å². The van der Waals surface area contributed by atoms with E-state index in [-0.39, 0.29) is 17.9 Å². The Morgan fingerprint density at radius 1 is 1.26 bits per heavy atom. The number of carbonyl (C=O) groups is 1. The van der Waals surface area contributed by atoms with Crippen LogP contribution in [0.15, 0.2) is 30.3 Å². The van der Waals surface area contributed by atoms with E-state index in [1.165, 1.54) is 12.1 Å². The molecule has 0 saturated carbocycles. The van der Waals surface area contributed by atoms with E-state index in [2.05, 4.69) is 0 Å². The zero-order chi connectivity index (χ0) is 17.1. The third-order valence-electron chi connectivity index (χ3n) is 2.96. The van der Waals surface area contributed by atoms with Gasteiger partial charge in [-0.05, 0) is 81.4 Å². The summed E-state index contributed by atoms with van der Waals surface area (Å²) in [5.41, 5.74) is 6.29. The maximum absolute atomic E-state index is 13.8. The average molecular weight is 543 g/mol. The van der Waals surface area contributed by atoms with Gasteiger partial charge in [0, 0.05) is 6.07 Å². The number of rotatable bonds is 5. The van der Waals surface area contributed by atoms with Crippen LogP contribution in [0, 0.1) is 13.0 Å². The number of carboxylic acids is 1. The van der Waals surface area contributed by atoms with Gasteiger partial charge >= 0.3 is 5.97 Å². The number of phenolic OH excluding ortho intramolecular Hbond substituents is 1. The fraction of sp³-hybridized carbons (Fsp3) is 0.133.